The summed E-state index contributed by atoms with van der Waals surface area (Å²) in [5, 5.41) is 8.74. The summed E-state index contributed by atoms with van der Waals surface area (Å²) in [6, 6.07) is 16.6. The summed E-state index contributed by atoms with van der Waals surface area (Å²) in [5.41, 5.74) is 7.05. The molecule has 0 aliphatic rings. The van der Waals surface area contributed by atoms with Gasteiger partial charge in [-0.3, -0.25) is 0 Å². The molecule has 0 aliphatic heterocycles. The standard InChI is InChI=1S/C16H13N3O3S.Na/c17-16-13-9-5-4-8-12(13)15(23(20,21)22)10-14(16)19-18-11-6-2-1-3-7-11;/h1-10H,17H2,(H,20,21,22);/q;+1/p-1. The average Bonchev–Trinajstić information content (AvgIpc) is 2.54. The molecule has 3 aromatic carbocycles. The van der Waals surface area contributed by atoms with Gasteiger partial charge in [-0.05, 0) is 18.2 Å². The number of hydrogen-bond acceptors (Lipinski definition) is 6. The molecule has 0 aromatic heterocycles. The molecule has 0 aliphatic carbocycles. The van der Waals surface area contributed by atoms with Gasteiger partial charge in [-0.2, -0.15) is 5.11 Å². The second-order valence-corrected chi connectivity index (χ2v) is 6.19. The zero-order chi connectivity index (χ0) is 16.4. The fourth-order valence-electron chi connectivity index (χ4n) is 2.25. The van der Waals surface area contributed by atoms with Gasteiger partial charge in [-0.15, -0.1) is 5.11 Å². The third-order valence-corrected chi connectivity index (χ3v) is 4.20. The molecule has 3 aromatic rings. The van der Waals surface area contributed by atoms with E-state index in [1.807, 2.05) is 6.07 Å². The van der Waals surface area contributed by atoms with Gasteiger partial charge in [0.25, 0.3) is 0 Å². The van der Waals surface area contributed by atoms with E-state index in [4.69, 9.17) is 5.73 Å². The van der Waals surface area contributed by atoms with Crippen LogP contribution in [0.2, 0.25) is 0 Å². The van der Waals surface area contributed by atoms with Crippen molar-refractivity contribution in [3.05, 3.63) is 60.7 Å². The van der Waals surface area contributed by atoms with E-state index in [2.05, 4.69) is 10.2 Å². The Morgan fingerprint density at radius 2 is 1.46 bits per heavy atom. The molecule has 6 nitrogen and oxygen atoms in total. The smallest absolute Gasteiger partial charge is 0.744 e. The van der Waals surface area contributed by atoms with Gasteiger partial charge < -0.3 is 10.3 Å². The topological polar surface area (TPSA) is 108 Å². The van der Waals surface area contributed by atoms with E-state index in [1.165, 1.54) is 6.07 Å². The molecule has 0 atom stereocenters. The van der Waals surface area contributed by atoms with Crippen molar-refractivity contribution in [2.24, 2.45) is 10.2 Å². The predicted octanol–water partition coefficient (Wildman–Crippen LogP) is 0.745. The first kappa shape index (κ1) is 18.6. The van der Waals surface area contributed by atoms with Crippen molar-refractivity contribution in [3.63, 3.8) is 0 Å². The largest absolute Gasteiger partial charge is 1.00 e. The first-order valence-corrected chi connectivity index (χ1v) is 8.11. The number of nitrogens with two attached hydrogens (primary N) is 1. The van der Waals surface area contributed by atoms with Crippen LogP contribution in [0.15, 0.2) is 75.8 Å². The number of hydrogen-bond donors (Lipinski definition) is 1. The Labute approximate surface area is 161 Å². The van der Waals surface area contributed by atoms with Crippen molar-refractivity contribution in [2.45, 2.75) is 4.90 Å². The molecule has 0 spiro atoms. The second kappa shape index (κ2) is 7.42. The van der Waals surface area contributed by atoms with Crippen molar-refractivity contribution in [2.75, 3.05) is 5.73 Å². The summed E-state index contributed by atoms with van der Waals surface area (Å²) < 4.78 is 34.5. The third-order valence-electron chi connectivity index (χ3n) is 3.33. The molecule has 3 rings (SSSR count). The summed E-state index contributed by atoms with van der Waals surface area (Å²) in [6.07, 6.45) is 0. The number of nitrogens with zero attached hydrogens (tertiary/aromatic N) is 2. The number of rotatable bonds is 3. The normalized spacial score (nSPS) is 11.5. The quantitative estimate of drug-likeness (QED) is 0.326. The summed E-state index contributed by atoms with van der Waals surface area (Å²) in [4.78, 5) is -0.357. The third kappa shape index (κ3) is 3.82. The number of anilines is 1. The van der Waals surface area contributed by atoms with E-state index in [-0.39, 0.29) is 51.2 Å². The van der Waals surface area contributed by atoms with Gasteiger partial charge in [-0.25, -0.2) is 8.42 Å². The second-order valence-electron chi connectivity index (χ2n) is 4.84. The minimum Gasteiger partial charge on any atom is -0.744 e. The van der Waals surface area contributed by atoms with Crippen molar-refractivity contribution < 1.29 is 42.5 Å². The summed E-state index contributed by atoms with van der Waals surface area (Å²) in [7, 11) is -4.66. The molecule has 8 heteroatoms. The molecule has 0 bridgehead atoms. The van der Waals surface area contributed by atoms with Crippen molar-refractivity contribution in [3.8, 4) is 0 Å². The fourth-order valence-corrected chi connectivity index (χ4v) is 2.95. The van der Waals surface area contributed by atoms with Crippen LogP contribution in [0.3, 0.4) is 0 Å². The van der Waals surface area contributed by atoms with Crippen LogP contribution in [0.1, 0.15) is 0 Å². The van der Waals surface area contributed by atoms with E-state index in [1.54, 1.807) is 42.5 Å². The Balaban J connectivity index is 0.00000208. The maximum Gasteiger partial charge on any atom is 1.00 e. The van der Waals surface area contributed by atoms with Crippen LogP contribution in [-0.2, 0) is 10.1 Å². The zero-order valence-corrected chi connectivity index (χ0v) is 15.7. The Bertz CT molecular complexity index is 1010. The van der Waals surface area contributed by atoms with Gasteiger partial charge in [-0.1, -0.05) is 42.5 Å². The average molecular weight is 349 g/mol. The van der Waals surface area contributed by atoms with Gasteiger partial charge in [0.05, 0.1) is 16.3 Å². The van der Waals surface area contributed by atoms with Gasteiger partial charge in [0.15, 0.2) is 0 Å². The summed E-state index contributed by atoms with van der Waals surface area (Å²) in [5.74, 6) is 0. The molecule has 0 amide bonds. The maximum atomic E-state index is 11.5. The van der Waals surface area contributed by atoms with Crippen LogP contribution < -0.4 is 35.3 Å². The van der Waals surface area contributed by atoms with Crippen molar-refractivity contribution >= 4 is 38.0 Å². The van der Waals surface area contributed by atoms with Crippen LogP contribution >= 0.6 is 0 Å². The molecular formula is C16H12N3NaO3S. The summed E-state index contributed by atoms with van der Waals surface area (Å²) in [6.45, 7) is 0. The fraction of sp³-hybridized carbons (Fsp3) is 0. The molecule has 0 fully saturated rings. The Morgan fingerprint density at radius 1 is 0.875 bits per heavy atom. The molecular weight excluding hydrogens is 337 g/mol. The molecule has 0 unspecified atom stereocenters. The van der Waals surface area contributed by atoms with Gasteiger partial charge in [0.2, 0.25) is 0 Å². The molecule has 116 valence electrons. The van der Waals surface area contributed by atoms with Crippen molar-refractivity contribution in [1.29, 1.82) is 0 Å². The SMILES string of the molecule is Nc1c(N=Nc2ccccc2)cc(S(=O)(=O)[O-])c2ccccc12.[Na+]. The Morgan fingerprint density at radius 3 is 2.08 bits per heavy atom. The monoisotopic (exact) mass is 349 g/mol. The van der Waals surface area contributed by atoms with Crippen LogP contribution in [0.25, 0.3) is 10.8 Å². The Hall–Kier alpha value is -1.77. The molecule has 0 radical (unpaired) electrons. The zero-order valence-electron chi connectivity index (χ0n) is 12.9. The van der Waals surface area contributed by atoms with Crippen LogP contribution in [0.5, 0.6) is 0 Å². The predicted molar refractivity (Wildman–Crippen MR) is 86.9 cm³/mol. The van der Waals surface area contributed by atoms with Crippen LogP contribution in [0.4, 0.5) is 17.1 Å². The molecule has 0 saturated heterocycles. The number of benzene rings is 3. The van der Waals surface area contributed by atoms with E-state index in [0.29, 0.717) is 11.1 Å². The number of fused-ring (bicyclic) bond motifs is 1. The Kier molecular flexibility index (Phi) is 5.74. The minimum absolute atomic E-state index is 0. The maximum absolute atomic E-state index is 11.5. The number of azo groups is 1. The van der Waals surface area contributed by atoms with Gasteiger partial charge in [0, 0.05) is 10.8 Å². The van der Waals surface area contributed by atoms with E-state index >= 15 is 0 Å². The minimum atomic E-state index is -4.66. The van der Waals surface area contributed by atoms with E-state index in [9.17, 15) is 13.0 Å². The first-order valence-electron chi connectivity index (χ1n) is 6.71. The van der Waals surface area contributed by atoms with Gasteiger partial charge in [0.1, 0.15) is 15.8 Å². The van der Waals surface area contributed by atoms with Crippen LogP contribution in [-0.4, -0.2) is 13.0 Å². The molecule has 0 heterocycles. The van der Waals surface area contributed by atoms with Gasteiger partial charge >= 0.3 is 29.6 Å². The molecule has 2 N–H and O–H groups in total. The molecule has 0 saturated carbocycles. The van der Waals surface area contributed by atoms with E-state index in [0.717, 1.165) is 6.07 Å². The molecule has 24 heavy (non-hydrogen) atoms. The van der Waals surface area contributed by atoms with Crippen molar-refractivity contribution in [1.82, 2.24) is 0 Å². The van der Waals surface area contributed by atoms with Crippen LogP contribution in [0, 0.1) is 0 Å². The van der Waals surface area contributed by atoms with E-state index < -0.39 is 10.1 Å². The first-order chi connectivity index (χ1) is 11.0. The summed E-state index contributed by atoms with van der Waals surface area (Å²) >= 11 is 0. The number of nitrogen functional groups attached to an aromatic ring is 1.